The Morgan fingerprint density at radius 2 is 1.20 bits per heavy atom. The maximum Gasteiger partial charge on any atom is 0.152 e. The number of halogens is 5. The van der Waals surface area contributed by atoms with Gasteiger partial charge >= 0.3 is 0 Å². The third-order valence-corrected chi connectivity index (χ3v) is 19.8. The molecule has 0 aromatic heterocycles. The molecule has 1 aliphatic heterocycles. The summed E-state index contributed by atoms with van der Waals surface area (Å²) in [5.41, 5.74) is 12.9. The van der Waals surface area contributed by atoms with Crippen molar-refractivity contribution in [1.82, 2.24) is 3.12 Å². The van der Waals surface area contributed by atoms with Gasteiger partial charge in [-0.15, -0.1) is 15.7 Å². The summed E-state index contributed by atoms with van der Waals surface area (Å²) in [7, 11) is 0. The molecule has 0 atom stereocenters. The summed E-state index contributed by atoms with van der Waals surface area (Å²) < 4.78 is 14.9. The molecular formula is C62H58Cl5NO3S4. The molecule has 4 nitrogen and oxygen atoms in total. The van der Waals surface area contributed by atoms with E-state index in [1.807, 2.05) is 58.0 Å². The van der Waals surface area contributed by atoms with Gasteiger partial charge < -0.3 is 14.6 Å². The number of rotatable bonds is 18. The lowest BCUT2D eigenvalue weighted by atomic mass is 9.78. The van der Waals surface area contributed by atoms with E-state index >= 15 is 0 Å². The maximum absolute atomic E-state index is 10.1. The Morgan fingerprint density at radius 1 is 0.640 bits per heavy atom. The SMILES string of the molecule is C=C(C)C(C)(C)c1cc(C)c(OCCc2ccc(/C(SN3SC(c4ccc(OCCc5c(Cl)cc(C(C)(C)c6cc(Cl)c(O)c(Cl)c6)cc5Cl)cc4)=C(c4ccccc4C)S3)=C(/S)c3ccccc3C)cc2)c(Cl)c1. The Hall–Kier alpha value is -4.03. The van der Waals surface area contributed by atoms with E-state index in [1.54, 1.807) is 48.0 Å². The van der Waals surface area contributed by atoms with Crippen LogP contribution in [0.1, 0.15) is 101 Å². The second kappa shape index (κ2) is 24.3. The summed E-state index contributed by atoms with van der Waals surface area (Å²) in [6, 6.07) is 45.3. The molecule has 0 fully saturated rings. The van der Waals surface area contributed by atoms with Gasteiger partial charge in [-0.2, -0.15) is 0 Å². The smallest absolute Gasteiger partial charge is 0.152 e. The van der Waals surface area contributed by atoms with Gasteiger partial charge in [0, 0.05) is 53.3 Å². The van der Waals surface area contributed by atoms with Gasteiger partial charge in [0.15, 0.2) is 5.75 Å². The molecule has 0 spiro atoms. The highest BCUT2D eigenvalue weighted by atomic mass is 35.5. The Balaban J connectivity index is 0.981. The summed E-state index contributed by atoms with van der Waals surface area (Å²) in [5.74, 6) is 1.31. The molecule has 0 bridgehead atoms. The van der Waals surface area contributed by atoms with Crippen LogP contribution >= 0.6 is 106 Å². The quantitative estimate of drug-likeness (QED) is 0.0384. The summed E-state index contributed by atoms with van der Waals surface area (Å²) in [4.78, 5) is 4.25. The Labute approximate surface area is 486 Å². The van der Waals surface area contributed by atoms with E-state index in [9.17, 15) is 5.11 Å². The fourth-order valence-electron chi connectivity index (χ4n) is 8.62. The molecule has 0 amide bonds. The molecule has 0 saturated carbocycles. The number of aryl methyl sites for hydroxylation is 3. The first-order chi connectivity index (χ1) is 35.6. The molecule has 75 heavy (non-hydrogen) atoms. The molecule has 0 radical (unpaired) electrons. The number of ether oxygens (including phenoxy) is 2. The standard InChI is InChI=1S/C62H58Cl5NO3S4/c1-36(2)61(6,7)43-30-39(5)56(54(67)35-43)71-28-26-40-18-20-41(21-19-40)58(57(72)47-16-12-10-14-37(47)3)73-68-74-59(60(75-68)48-17-13-11-15-38(48)4)42-22-24-46(25-23-42)70-29-27-49-50(63)31-44(32-51(49)64)62(8,9)45-33-52(65)55(69)53(66)34-45/h10-25,30-35,69,72H,1,26-29H2,2-9H3/b58-57-. The summed E-state index contributed by atoms with van der Waals surface area (Å²) in [5, 5.41) is 12.2. The number of hydrogen-bond acceptors (Lipinski definition) is 8. The van der Waals surface area contributed by atoms with Gasteiger partial charge in [-0.05, 0) is 173 Å². The van der Waals surface area contributed by atoms with E-state index in [4.69, 9.17) is 80.1 Å². The van der Waals surface area contributed by atoms with Gasteiger partial charge in [-0.3, -0.25) is 0 Å². The largest absolute Gasteiger partial charge is 0.505 e. The van der Waals surface area contributed by atoms with Crippen LogP contribution in [-0.2, 0) is 23.7 Å². The van der Waals surface area contributed by atoms with Crippen molar-refractivity contribution >= 4 is 126 Å². The lowest BCUT2D eigenvalue weighted by Crippen LogP contribution is -2.19. The Morgan fingerprint density at radius 3 is 1.80 bits per heavy atom. The second-order valence-corrected chi connectivity index (χ2v) is 25.8. The topological polar surface area (TPSA) is 41.9 Å². The molecule has 13 heteroatoms. The average Bonchev–Trinajstić information content (AvgIpc) is 3.80. The number of hydrogen-bond donors (Lipinski definition) is 2. The molecule has 0 unspecified atom stereocenters. The summed E-state index contributed by atoms with van der Waals surface area (Å²) >= 11 is 43.6. The van der Waals surface area contributed by atoms with Crippen LogP contribution in [0.5, 0.6) is 17.2 Å². The van der Waals surface area contributed by atoms with Crippen molar-refractivity contribution in [3.8, 4) is 17.2 Å². The minimum absolute atomic E-state index is 0.147. The zero-order chi connectivity index (χ0) is 53.9. The molecule has 1 heterocycles. The number of aromatic hydroxyl groups is 1. The fourth-order valence-corrected chi connectivity index (χ4v) is 14.5. The van der Waals surface area contributed by atoms with Crippen molar-refractivity contribution in [3.63, 3.8) is 0 Å². The fraction of sp³-hybridized carbons (Fsp3) is 0.226. The molecular weight excluding hydrogens is 1110 g/mol. The highest BCUT2D eigenvalue weighted by Crippen LogP contribution is 2.60. The number of allylic oxidation sites excluding steroid dienone is 1. The van der Waals surface area contributed by atoms with E-state index < -0.39 is 5.41 Å². The van der Waals surface area contributed by atoms with E-state index in [0.29, 0.717) is 41.1 Å². The predicted molar refractivity (Wildman–Crippen MR) is 332 cm³/mol. The Kier molecular flexibility index (Phi) is 18.5. The van der Waals surface area contributed by atoms with Gasteiger partial charge in [0.2, 0.25) is 0 Å². The van der Waals surface area contributed by atoms with Crippen LogP contribution in [0.2, 0.25) is 25.1 Å². The minimum Gasteiger partial charge on any atom is -0.505 e. The number of benzene rings is 7. The first kappa shape index (κ1) is 57.2. The van der Waals surface area contributed by atoms with Crippen LogP contribution in [0.4, 0.5) is 0 Å². The number of phenolic OH excluding ortho intramolecular Hbond substituents is 1. The average molecular weight is 1170 g/mol. The van der Waals surface area contributed by atoms with Crippen molar-refractivity contribution in [3.05, 3.63) is 237 Å². The van der Waals surface area contributed by atoms with Crippen LogP contribution in [0, 0.1) is 20.8 Å². The minimum atomic E-state index is -0.557. The van der Waals surface area contributed by atoms with E-state index in [2.05, 4.69) is 128 Å². The zero-order valence-electron chi connectivity index (χ0n) is 43.0. The molecule has 0 saturated heterocycles. The van der Waals surface area contributed by atoms with Crippen LogP contribution in [0.3, 0.4) is 0 Å². The zero-order valence-corrected chi connectivity index (χ0v) is 50.1. The lowest BCUT2D eigenvalue weighted by molar-refractivity contribution is 0.319. The van der Waals surface area contributed by atoms with Crippen molar-refractivity contribution in [2.24, 2.45) is 0 Å². The van der Waals surface area contributed by atoms with Gasteiger partial charge in [0.1, 0.15) is 11.5 Å². The predicted octanol–water partition coefficient (Wildman–Crippen LogP) is 20.5. The molecule has 0 aliphatic carbocycles. The summed E-state index contributed by atoms with van der Waals surface area (Å²) in [6.07, 6.45) is 1.22. The molecule has 7 aromatic rings. The highest BCUT2D eigenvalue weighted by Gasteiger charge is 2.31. The second-order valence-electron chi connectivity index (χ2n) is 19.7. The van der Waals surface area contributed by atoms with Crippen LogP contribution in [0.25, 0.3) is 19.6 Å². The number of phenols is 1. The van der Waals surface area contributed by atoms with Crippen molar-refractivity contribution in [1.29, 1.82) is 0 Å². The van der Waals surface area contributed by atoms with Gasteiger partial charge in [0.25, 0.3) is 0 Å². The number of nitrogens with zero attached hydrogens (tertiary/aromatic N) is 1. The molecule has 1 aliphatic rings. The molecule has 1 N–H and O–H groups in total. The molecule has 7 aromatic carbocycles. The monoisotopic (exact) mass is 1170 g/mol. The molecule has 388 valence electrons. The van der Waals surface area contributed by atoms with E-state index in [0.717, 1.165) is 87.4 Å². The third kappa shape index (κ3) is 13.0. The first-order valence-corrected chi connectivity index (χ1v) is 29.0. The van der Waals surface area contributed by atoms with Crippen LogP contribution in [0.15, 0.2) is 146 Å². The number of thiol groups is 1. The van der Waals surface area contributed by atoms with Crippen molar-refractivity contribution in [2.45, 2.75) is 79.1 Å². The van der Waals surface area contributed by atoms with Crippen molar-refractivity contribution < 1.29 is 14.6 Å². The normalized spacial score (nSPS) is 13.6. The highest BCUT2D eigenvalue weighted by molar-refractivity contribution is 8.36. The van der Waals surface area contributed by atoms with E-state index in [1.165, 1.54) is 16.0 Å². The summed E-state index contributed by atoms with van der Waals surface area (Å²) in [6.45, 7) is 21.8. The Bertz CT molecular complexity index is 3280. The van der Waals surface area contributed by atoms with Crippen LogP contribution in [-0.4, -0.2) is 21.4 Å². The van der Waals surface area contributed by atoms with Crippen LogP contribution < -0.4 is 9.47 Å². The first-order valence-electron chi connectivity index (χ1n) is 24.4. The van der Waals surface area contributed by atoms with Gasteiger partial charge in [0.05, 0.1) is 28.3 Å². The lowest BCUT2D eigenvalue weighted by Gasteiger charge is -2.28. The van der Waals surface area contributed by atoms with E-state index in [-0.39, 0.29) is 21.2 Å². The van der Waals surface area contributed by atoms with Gasteiger partial charge in [-0.1, -0.05) is 189 Å². The molecule has 8 rings (SSSR count). The third-order valence-electron chi connectivity index (χ3n) is 13.9. The van der Waals surface area contributed by atoms with Gasteiger partial charge in [-0.25, -0.2) is 0 Å². The maximum atomic E-state index is 10.1. The van der Waals surface area contributed by atoms with Crippen molar-refractivity contribution in [2.75, 3.05) is 13.2 Å².